The molecule has 2 aliphatic heterocycles. The fraction of sp³-hybridized carbons (Fsp3) is 0.417. The van der Waals surface area contributed by atoms with Crippen molar-refractivity contribution >= 4 is 28.1 Å². The maximum atomic E-state index is 13.4. The van der Waals surface area contributed by atoms with E-state index in [9.17, 15) is 4.79 Å². The number of rotatable bonds is 4. The Balaban J connectivity index is 1.30. The van der Waals surface area contributed by atoms with Crippen LogP contribution in [0.5, 0.6) is 0 Å². The molecule has 0 spiro atoms. The van der Waals surface area contributed by atoms with Gasteiger partial charge in [0, 0.05) is 43.3 Å². The molecule has 0 radical (unpaired) electrons. The van der Waals surface area contributed by atoms with Crippen molar-refractivity contribution < 1.29 is 9.21 Å². The molecule has 1 saturated heterocycles. The zero-order valence-electron chi connectivity index (χ0n) is 18.1. The summed E-state index contributed by atoms with van der Waals surface area (Å²) in [5.74, 6) is 0.825. The molecular formula is C24H28N4O2S. The summed E-state index contributed by atoms with van der Waals surface area (Å²) in [6, 6.07) is 10.7. The van der Waals surface area contributed by atoms with E-state index in [2.05, 4.69) is 51.4 Å². The average Bonchev–Trinajstić information content (AvgIpc) is 3.43. The van der Waals surface area contributed by atoms with Crippen LogP contribution in [0.4, 0.5) is 10.8 Å². The van der Waals surface area contributed by atoms with Crippen molar-refractivity contribution in [1.29, 1.82) is 0 Å². The van der Waals surface area contributed by atoms with Gasteiger partial charge in [0.05, 0.1) is 24.1 Å². The lowest BCUT2D eigenvalue weighted by Crippen LogP contribution is -2.36. The first-order chi connectivity index (χ1) is 15.1. The van der Waals surface area contributed by atoms with E-state index in [1.54, 1.807) is 17.6 Å². The van der Waals surface area contributed by atoms with E-state index in [-0.39, 0.29) is 5.91 Å². The van der Waals surface area contributed by atoms with Gasteiger partial charge in [-0.3, -0.25) is 4.79 Å². The van der Waals surface area contributed by atoms with Crippen LogP contribution in [0.25, 0.3) is 0 Å². The van der Waals surface area contributed by atoms with Crippen molar-refractivity contribution in [3.8, 4) is 0 Å². The zero-order valence-corrected chi connectivity index (χ0v) is 18.9. The molecule has 0 bridgehead atoms. The Bertz CT molecular complexity index is 1070. The van der Waals surface area contributed by atoms with Gasteiger partial charge in [0.25, 0.3) is 5.91 Å². The Labute approximate surface area is 187 Å². The second-order valence-corrected chi connectivity index (χ2v) is 9.31. The Morgan fingerprint density at radius 2 is 2.06 bits per heavy atom. The Kier molecular flexibility index (Phi) is 5.44. The van der Waals surface area contributed by atoms with E-state index in [4.69, 9.17) is 4.42 Å². The third-order valence-electron chi connectivity index (χ3n) is 6.30. The number of hydrogen-bond donors (Lipinski definition) is 0. The van der Waals surface area contributed by atoms with Gasteiger partial charge in [-0.15, -0.1) is 11.3 Å². The summed E-state index contributed by atoms with van der Waals surface area (Å²) >= 11 is 1.68. The lowest BCUT2D eigenvalue weighted by molar-refractivity contribution is 0.0764. The number of carbonyl (C=O) groups is 1. The van der Waals surface area contributed by atoms with Crippen LogP contribution in [-0.2, 0) is 13.0 Å². The van der Waals surface area contributed by atoms with Gasteiger partial charge in [0.2, 0.25) is 0 Å². The second kappa shape index (κ2) is 8.38. The number of aromatic nitrogens is 1. The minimum atomic E-state index is 0.0704. The van der Waals surface area contributed by atoms with Crippen LogP contribution >= 0.6 is 11.3 Å². The predicted octanol–water partition coefficient (Wildman–Crippen LogP) is 4.35. The third kappa shape index (κ3) is 3.94. The molecule has 5 rings (SSSR count). The zero-order chi connectivity index (χ0) is 21.4. The Morgan fingerprint density at radius 3 is 2.90 bits per heavy atom. The first-order valence-electron chi connectivity index (χ1n) is 11.0. The van der Waals surface area contributed by atoms with Gasteiger partial charge in [-0.1, -0.05) is 18.2 Å². The van der Waals surface area contributed by atoms with E-state index in [1.807, 2.05) is 17.9 Å². The van der Waals surface area contributed by atoms with E-state index >= 15 is 0 Å². The maximum absolute atomic E-state index is 13.4. The molecule has 162 valence electrons. The molecule has 0 N–H and O–H groups in total. The third-order valence-corrected chi connectivity index (χ3v) is 7.32. The number of furan rings is 1. The van der Waals surface area contributed by atoms with Crippen LogP contribution in [0.2, 0.25) is 0 Å². The van der Waals surface area contributed by atoms with Gasteiger partial charge < -0.3 is 19.1 Å². The van der Waals surface area contributed by atoms with Crippen LogP contribution in [0.3, 0.4) is 0 Å². The van der Waals surface area contributed by atoms with Crippen LogP contribution in [0.1, 0.15) is 40.7 Å². The summed E-state index contributed by atoms with van der Waals surface area (Å²) in [5, 5.41) is 3.13. The molecule has 1 unspecified atom stereocenters. The minimum Gasteiger partial charge on any atom is -0.467 e. The molecule has 0 aliphatic carbocycles. The monoisotopic (exact) mass is 436 g/mol. The number of fused-ring (bicyclic) bond motifs is 1. The van der Waals surface area contributed by atoms with Gasteiger partial charge in [0.15, 0.2) is 5.13 Å². The Hall–Kier alpha value is -2.80. The molecular weight excluding hydrogens is 408 g/mol. The quantitative estimate of drug-likeness (QED) is 0.609. The summed E-state index contributed by atoms with van der Waals surface area (Å²) in [4.78, 5) is 24.6. The van der Waals surface area contributed by atoms with Crippen molar-refractivity contribution in [2.45, 2.75) is 39.3 Å². The largest absolute Gasteiger partial charge is 0.467 e. The van der Waals surface area contributed by atoms with E-state index in [0.717, 1.165) is 49.1 Å². The van der Waals surface area contributed by atoms with E-state index in [0.29, 0.717) is 24.7 Å². The van der Waals surface area contributed by atoms with Gasteiger partial charge in [-0.05, 0) is 44.4 Å². The first-order valence-corrected chi connectivity index (χ1v) is 11.9. The van der Waals surface area contributed by atoms with Crippen molar-refractivity contribution in [3.63, 3.8) is 0 Å². The van der Waals surface area contributed by atoms with E-state index < -0.39 is 0 Å². The summed E-state index contributed by atoms with van der Waals surface area (Å²) in [6.45, 7) is 8.06. The minimum absolute atomic E-state index is 0.0704. The molecule has 6 nitrogen and oxygen atoms in total. The van der Waals surface area contributed by atoms with Crippen molar-refractivity contribution in [3.05, 3.63) is 64.6 Å². The Morgan fingerprint density at radius 1 is 1.19 bits per heavy atom. The van der Waals surface area contributed by atoms with Crippen molar-refractivity contribution in [1.82, 2.24) is 9.88 Å². The normalized spacial score (nSPS) is 18.9. The molecule has 1 aromatic carbocycles. The first kappa shape index (κ1) is 20.1. The van der Waals surface area contributed by atoms with Gasteiger partial charge in [-0.25, -0.2) is 4.98 Å². The topological polar surface area (TPSA) is 52.8 Å². The molecule has 4 heterocycles. The number of aryl methyl sites for hydroxylation is 1. The van der Waals surface area contributed by atoms with Gasteiger partial charge >= 0.3 is 0 Å². The molecule has 3 aromatic rings. The summed E-state index contributed by atoms with van der Waals surface area (Å²) in [7, 11) is 0. The molecule has 2 aliphatic rings. The number of carbonyl (C=O) groups excluding carboxylic acids is 1. The molecule has 1 amide bonds. The highest BCUT2D eigenvalue weighted by molar-refractivity contribution is 7.13. The highest BCUT2D eigenvalue weighted by Crippen LogP contribution is 2.34. The smallest absolute Gasteiger partial charge is 0.257 e. The lowest BCUT2D eigenvalue weighted by Gasteiger charge is -2.25. The predicted molar refractivity (Wildman–Crippen MR) is 124 cm³/mol. The lowest BCUT2D eigenvalue weighted by atomic mass is 10.1. The number of nitrogens with zero attached hydrogens (tertiary/aromatic N) is 4. The van der Waals surface area contributed by atoms with Crippen LogP contribution in [-0.4, -0.2) is 48.0 Å². The molecule has 1 fully saturated rings. The van der Waals surface area contributed by atoms with Crippen LogP contribution in [0.15, 0.2) is 46.4 Å². The highest BCUT2D eigenvalue weighted by atomic mass is 32.1. The highest BCUT2D eigenvalue weighted by Gasteiger charge is 2.29. The SMILES string of the molecule is Cc1csc(N2CCCN(C(=O)c3ccoc3CN3c4ccccc4CC3C)CC2)n1. The van der Waals surface area contributed by atoms with Gasteiger partial charge in [-0.2, -0.15) is 0 Å². The van der Waals surface area contributed by atoms with Gasteiger partial charge in [0.1, 0.15) is 5.76 Å². The fourth-order valence-corrected chi connectivity index (χ4v) is 5.50. The van der Waals surface area contributed by atoms with E-state index in [1.165, 1.54) is 11.3 Å². The second-order valence-electron chi connectivity index (χ2n) is 8.47. The maximum Gasteiger partial charge on any atom is 0.257 e. The molecule has 31 heavy (non-hydrogen) atoms. The van der Waals surface area contributed by atoms with Crippen molar-refractivity contribution in [2.24, 2.45) is 0 Å². The molecule has 1 atom stereocenters. The molecule has 7 heteroatoms. The number of benzene rings is 1. The molecule has 0 saturated carbocycles. The summed E-state index contributed by atoms with van der Waals surface area (Å²) in [6.07, 6.45) is 3.62. The number of thiazole rings is 1. The number of anilines is 2. The number of para-hydroxylation sites is 1. The average molecular weight is 437 g/mol. The summed E-state index contributed by atoms with van der Waals surface area (Å²) < 4.78 is 5.82. The standard InChI is InChI=1S/C24H28N4O2S/c1-17-16-31-24(25-17)27-10-5-9-26(11-12-27)23(29)20-8-13-30-22(20)15-28-18(2)14-19-6-3-4-7-21(19)28/h3-4,6-8,13,16,18H,5,9-12,14-15H2,1-2H3. The number of hydrogen-bond acceptors (Lipinski definition) is 6. The number of amides is 1. The fourth-order valence-electron chi connectivity index (χ4n) is 4.65. The van der Waals surface area contributed by atoms with Crippen LogP contribution in [0, 0.1) is 6.92 Å². The van der Waals surface area contributed by atoms with Crippen LogP contribution < -0.4 is 9.80 Å². The van der Waals surface area contributed by atoms with Crippen molar-refractivity contribution in [2.75, 3.05) is 36.0 Å². The molecule has 2 aromatic heterocycles. The summed E-state index contributed by atoms with van der Waals surface area (Å²) in [5.41, 5.74) is 4.35.